The minimum absolute atomic E-state index is 0.223. The lowest BCUT2D eigenvalue weighted by Crippen LogP contribution is -2.49. The molecule has 1 aromatic rings. The quantitative estimate of drug-likeness (QED) is 0.864. The van der Waals surface area contributed by atoms with E-state index in [-0.39, 0.29) is 29.4 Å². The van der Waals surface area contributed by atoms with Crippen molar-refractivity contribution in [3.8, 4) is 0 Å². The van der Waals surface area contributed by atoms with Crippen LogP contribution in [0.4, 0.5) is 5.69 Å². The van der Waals surface area contributed by atoms with Crippen LogP contribution in [0.15, 0.2) is 24.3 Å². The average Bonchev–Trinajstić information content (AvgIpc) is 2.42. The molecule has 1 aliphatic rings. The molecule has 1 aromatic carbocycles. The summed E-state index contributed by atoms with van der Waals surface area (Å²) < 4.78 is 0. The number of nitrogens with one attached hydrogen (secondary N) is 1. The second kappa shape index (κ2) is 6.28. The minimum atomic E-state index is -0.409. The number of carbonyl (C=O) groups excluding carboxylic acids is 3. The first-order valence-corrected chi connectivity index (χ1v) is 7.41. The Morgan fingerprint density at radius 1 is 1.40 bits per heavy atom. The fourth-order valence-corrected chi connectivity index (χ4v) is 2.68. The van der Waals surface area contributed by atoms with Crippen molar-refractivity contribution >= 4 is 46.8 Å². The fraction of sp³-hybridized carbons (Fsp3) is 0.308. The van der Waals surface area contributed by atoms with Crippen LogP contribution < -0.4 is 5.32 Å². The van der Waals surface area contributed by atoms with Crippen LogP contribution in [0.2, 0.25) is 5.02 Å². The van der Waals surface area contributed by atoms with Crippen LogP contribution in [-0.4, -0.2) is 40.2 Å². The molecule has 2 rings (SSSR count). The monoisotopic (exact) mass is 312 g/mol. The van der Waals surface area contributed by atoms with E-state index in [0.29, 0.717) is 10.7 Å². The molecule has 20 heavy (non-hydrogen) atoms. The summed E-state index contributed by atoms with van der Waals surface area (Å²) in [7, 11) is 0. The molecule has 0 radical (unpaired) electrons. The molecule has 7 heteroatoms. The summed E-state index contributed by atoms with van der Waals surface area (Å²) in [6, 6.07) is 6.59. The first kappa shape index (κ1) is 14.9. The first-order valence-electron chi connectivity index (χ1n) is 5.98. The second-order valence-corrected chi connectivity index (χ2v) is 6.09. The van der Waals surface area contributed by atoms with Gasteiger partial charge in [0.05, 0.1) is 11.0 Å². The van der Waals surface area contributed by atoms with Crippen LogP contribution in [0.25, 0.3) is 0 Å². The van der Waals surface area contributed by atoms with E-state index in [4.69, 9.17) is 11.6 Å². The number of benzene rings is 1. The van der Waals surface area contributed by atoms with E-state index in [0.717, 1.165) is 4.90 Å². The minimum Gasteiger partial charge on any atom is -0.325 e. The van der Waals surface area contributed by atoms with E-state index in [1.54, 1.807) is 31.2 Å². The molecule has 0 aromatic heterocycles. The lowest BCUT2D eigenvalue weighted by Gasteiger charge is -2.27. The Balaban J connectivity index is 1.98. The third-order valence-corrected chi connectivity index (χ3v) is 4.17. The molecule has 106 valence electrons. The number of halogens is 1. The maximum Gasteiger partial charge on any atom is 0.244 e. The number of rotatable bonds is 3. The molecule has 0 spiro atoms. The molecule has 0 unspecified atom stereocenters. The molecule has 3 amide bonds. The van der Waals surface area contributed by atoms with E-state index in [9.17, 15) is 14.4 Å². The van der Waals surface area contributed by atoms with Gasteiger partial charge in [0.25, 0.3) is 0 Å². The number of hydrogen-bond acceptors (Lipinski definition) is 4. The van der Waals surface area contributed by atoms with Crippen molar-refractivity contribution in [2.75, 3.05) is 17.6 Å². The van der Waals surface area contributed by atoms with Gasteiger partial charge in [0, 0.05) is 10.7 Å². The van der Waals surface area contributed by atoms with Gasteiger partial charge in [0.15, 0.2) is 0 Å². The lowest BCUT2D eigenvalue weighted by molar-refractivity contribution is -0.145. The highest BCUT2D eigenvalue weighted by atomic mass is 35.5. The van der Waals surface area contributed by atoms with E-state index in [2.05, 4.69) is 5.32 Å². The Kier molecular flexibility index (Phi) is 4.67. The summed E-state index contributed by atoms with van der Waals surface area (Å²) >= 11 is 7.03. The van der Waals surface area contributed by atoms with Crippen LogP contribution in [0, 0.1) is 0 Å². The van der Waals surface area contributed by atoms with Crippen LogP contribution in [-0.2, 0) is 14.4 Å². The second-order valence-electron chi connectivity index (χ2n) is 4.33. The zero-order valence-corrected chi connectivity index (χ0v) is 12.3. The zero-order valence-electron chi connectivity index (χ0n) is 10.8. The predicted octanol–water partition coefficient (Wildman–Crippen LogP) is 1.77. The van der Waals surface area contributed by atoms with Crippen molar-refractivity contribution in [1.82, 2.24) is 4.90 Å². The van der Waals surface area contributed by atoms with E-state index >= 15 is 0 Å². The summed E-state index contributed by atoms with van der Waals surface area (Å²) in [5.74, 6) is -0.837. The van der Waals surface area contributed by atoms with Crippen molar-refractivity contribution in [2.24, 2.45) is 0 Å². The highest BCUT2D eigenvalue weighted by Crippen LogP contribution is 2.20. The third kappa shape index (κ3) is 3.52. The van der Waals surface area contributed by atoms with Crippen LogP contribution in [0.3, 0.4) is 0 Å². The zero-order chi connectivity index (χ0) is 14.7. The largest absolute Gasteiger partial charge is 0.325 e. The summed E-state index contributed by atoms with van der Waals surface area (Å²) in [5.41, 5.74) is 0.568. The number of anilines is 1. The van der Waals surface area contributed by atoms with Gasteiger partial charge in [-0.25, -0.2) is 0 Å². The normalized spacial score (nSPS) is 19.1. The highest BCUT2D eigenvalue weighted by molar-refractivity contribution is 8.01. The number of amides is 3. The van der Waals surface area contributed by atoms with Crippen LogP contribution in [0.5, 0.6) is 0 Å². The SMILES string of the molecule is C[C@H]1SCC(=O)N(CC(=O)Nc2ccc(Cl)cc2)C1=O. The van der Waals surface area contributed by atoms with Crippen LogP contribution >= 0.6 is 23.4 Å². The molecular weight excluding hydrogens is 300 g/mol. The van der Waals surface area contributed by atoms with Gasteiger partial charge >= 0.3 is 0 Å². The molecule has 1 saturated heterocycles. The number of imide groups is 1. The van der Waals surface area contributed by atoms with Crippen molar-refractivity contribution < 1.29 is 14.4 Å². The Hall–Kier alpha value is -1.53. The molecule has 0 saturated carbocycles. The molecule has 0 bridgehead atoms. The average molecular weight is 313 g/mol. The summed E-state index contributed by atoms with van der Waals surface area (Å²) in [5, 5.41) is 2.89. The Labute approximate surface area is 125 Å². The van der Waals surface area contributed by atoms with Gasteiger partial charge in [0.2, 0.25) is 17.7 Å². The van der Waals surface area contributed by atoms with Crippen molar-refractivity contribution in [3.05, 3.63) is 29.3 Å². The van der Waals surface area contributed by atoms with E-state index < -0.39 is 5.91 Å². The molecule has 1 aliphatic heterocycles. The number of nitrogens with zero attached hydrogens (tertiary/aromatic N) is 1. The van der Waals surface area contributed by atoms with Gasteiger partial charge < -0.3 is 5.32 Å². The standard InChI is InChI=1S/C13H13ClN2O3S/c1-8-13(19)16(12(18)7-20-8)6-11(17)15-10-4-2-9(14)3-5-10/h2-5,8H,6-7H2,1H3,(H,15,17)/t8-/m1/s1. The fourth-order valence-electron chi connectivity index (χ4n) is 1.73. The van der Waals surface area contributed by atoms with Gasteiger partial charge in [-0.2, -0.15) is 0 Å². The maximum absolute atomic E-state index is 11.9. The van der Waals surface area contributed by atoms with Crippen molar-refractivity contribution in [2.45, 2.75) is 12.2 Å². The number of thioether (sulfide) groups is 1. The lowest BCUT2D eigenvalue weighted by atomic mass is 10.3. The first-order chi connectivity index (χ1) is 9.47. The highest BCUT2D eigenvalue weighted by Gasteiger charge is 2.33. The summed E-state index contributed by atoms with van der Waals surface area (Å²) in [6.45, 7) is 1.47. The summed E-state index contributed by atoms with van der Waals surface area (Å²) in [6.07, 6.45) is 0. The predicted molar refractivity (Wildman–Crippen MR) is 78.7 cm³/mol. The Bertz CT molecular complexity index is 547. The number of hydrogen-bond donors (Lipinski definition) is 1. The van der Waals surface area contributed by atoms with Gasteiger partial charge in [-0.05, 0) is 31.2 Å². The topological polar surface area (TPSA) is 66.5 Å². The molecule has 1 heterocycles. The van der Waals surface area contributed by atoms with Crippen LogP contribution in [0.1, 0.15) is 6.92 Å². The third-order valence-electron chi connectivity index (χ3n) is 2.80. The molecule has 5 nitrogen and oxygen atoms in total. The number of carbonyl (C=O) groups is 3. The molecule has 1 fully saturated rings. The smallest absolute Gasteiger partial charge is 0.244 e. The van der Waals surface area contributed by atoms with Gasteiger partial charge in [-0.3, -0.25) is 19.3 Å². The molecule has 0 aliphatic carbocycles. The maximum atomic E-state index is 11.9. The van der Waals surface area contributed by atoms with Gasteiger partial charge in [-0.15, -0.1) is 11.8 Å². The van der Waals surface area contributed by atoms with Crippen molar-refractivity contribution in [3.63, 3.8) is 0 Å². The molecular formula is C13H13ClN2O3S. The molecule has 1 N–H and O–H groups in total. The van der Waals surface area contributed by atoms with E-state index in [1.165, 1.54) is 11.8 Å². The van der Waals surface area contributed by atoms with Gasteiger partial charge in [-0.1, -0.05) is 11.6 Å². The Morgan fingerprint density at radius 3 is 2.70 bits per heavy atom. The summed E-state index contributed by atoms with van der Waals surface area (Å²) in [4.78, 5) is 36.4. The van der Waals surface area contributed by atoms with E-state index in [1.807, 2.05) is 0 Å². The molecule has 1 atom stereocenters. The van der Waals surface area contributed by atoms with Crippen molar-refractivity contribution in [1.29, 1.82) is 0 Å². The Morgan fingerprint density at radius 2 is 2.05 bits per heavy atom. The van der Waals surface area contributed by atoms with Gasteiger partial charge in [0.1, 0.15) is 6.54 Å².